The number of carbonyl (C=O) groups is 1. The van der Waals surface area contributed by atoms with Gasteiger partial charge in [-0.2, -0.15) is 0 Å². The number of ether oxygens (including phenoxy) is 1. The molecule has 0 saturated carbocycles. The number of hydrogen-bond acceptors (Lipinski definition) is 9. The van der Waals surface area contributed by atoms with Crippen molar-refractivity contribution in [3.63, 3.8) is 0 Å². The number of anilines is 1. The molecular weight excluding hydrogens is 488 g/mol. The predicted molar refractivity (Wildman–Crippen MR) is 138 cm³/mol. The number of methoxy groups -OCH3 is 1. The molecule has 3 N–H and O–H groups in total. The SMILES string of the molecule is COc1ccc2nccc(CCN3C[C@H](CNCc4ccc5c(n4)NC(=O)CS5)[C@H](O)C3)c2n1.Cl. The predicted octanol–water partition coefficient (Wildman–Crippen LogP) is 2.12. The van der Waals surface area contributed by atoms with Crippen molar-refractivity contribution >= 4 is 46.9 Å². The second kappa shape index (κ2) is 11.5. The molecular formula is C24H29ClN6O3S. The number of aliphatic hydroxyl groups is 1. The number of thioether (sulfide) groups is 1. The minimum Gasteiger partial charge on any atom is -0.481 e. The van der Waals surface area contributed by atoms with E-state index >= 15 is 0 Å². The van der Waals surface area contributed by atoms with Crippen molar-refractivity contribution in [3.05, 3.63) is 47.8 Å². The van der Waals surface area contributed by atoms with E-state index in [4.69, 9.17) is 4.74 Å². The normalized spacial score (nSPS) is 19.8. The van der Waals surface area contributed by atoms with E-state index in [0.717, 1.165) is 46.7 Å². The largest absolute Gasteiger partial charge is 0.481 e. The van der Waals surface area contributed by atoms with E-state index < -0.39 is 0 Å². The molecule has 2 atom stereocenters. The average Bonchev–Trinajstić information content (AvgIpc) is 3.21. The fourth-order valence-corrected chi connectivity index (χ4v) is 5.22. The number of fused-ring (bicyclic) bond motifs is 2. The van der Waals surface area contributed by atoms with E-state index in [1.807, 2.05) is 36.5 Å². The molecule has 9 nitrogen and oxygen atoms in total. The molecule has 0 bridgehead atoms. The van der Waals surface area contributed by atoms with E-state index in [0.29, 0.717) is 37.1 Å². The molecule has 186 valence electrons. The van der Waals surface area contributed by atoms with Gasteiger partial charge in [0.25, 0.3) is 0 Å². The molecule has 0 radical (unpaired) electrons. The molecule has 2 aliphatic rings. The molecule has 0 aliphatic carbocycles. The second-order valence-corrected chi connectivity index (χ2v) is 9.66. The van der Waals surface area contributed by atoms with Gasteiger partial charge in [0.1, 0.15) is 5.82 Å². The van der Waals surface area contributed by atoms with Gasteiger partial charge in [0.2, 0.25) is 11.8 Å². The Balaban J connectivity index is 0.00000289. The molecule has 0 aromatic carbocycles. The van der Waals surface area contributed by atoms with Crippen LogP contribution in [0.25, 0.3) is 11.0 Å². The Morgan fingerprint density at radius 2 is 2.11 bits per heavy atom. The Bertz CT molecular complexity index is 1200. The molecule has 0 spiro atoms. The molecule has 1 amide bonds. The van der Waals surface area contributed by atoms with Crippen molar-refractivity contribution in [2.24, 2.45) is 5.92 Å². The summed E-state index contributed by atoms with van der Waals surface area (Å²) in [6, 6.07) is 9.74. The zero-order valence-electron chi connectivity index (χ0n) is 19.4. The van der Waals surface area contributed by atoms with Crippen LogP contribution in [0.3, 0.4) is 0 Å². The molecule has 11 heteroatoms. The summed E-state index contributed by atoms with van der Waals surface area (Å²) in [6.07, 6.45) is 2.28. The fraction of sp³-hybridized carbons (Fsp3) is 0.417. The van der Waals surface area contributed by atoms with Crippen molar-refractivity contribution in [2.45, 2.75) is 24.0 Å². The lowest BCUT2D eigenvalue weighted by atomic mass is 10.1. The summed E-state index contributed by atoms with van der Waals surface area (Å²) in [5.74, 6) is 1.80. The number of rotatable bonds is 8. The lowest BCUT2D eigenvalue weighted by Gasteiger charge is -2.17. The maximum Gasteiger partial charge on any atom is 0.235 e. The molecule has 3 aromatic rings. The number of aliphatic hydroxyl groups excluding tert-OH is 1. The molecule has 3 aromatic heterocycles. The highest BCUT2D eigenvalue weighted by Gasteiger charge is 2.30. The number of carbonyl (C=O) groups excluding carboxylic acids is 1. The van der Waals surface area contributed by atoms with Crippen LogP contribution in [-0.2, 0) is 17.8 Å². The summed E-state index contributed by atoms with van der Waals surface area (Å²) in [6.45, 7) is 3.63. The molecule has 5 rings (SSSR count). The highest BCUT2D eigenvalue weighted by molar-refractivity contribution is 8.00. The van der Waals surface area contributed by atoms with Gasteiger partial charge in [-0.1, -0.05) is 0 Å². The first-order valence-corrected chi connectivity index (χ1v) is 12.4. The summed E-state index contributed by atoms with van der Waals surface area (Å²) >= 11 is 1.51. The van der Waals surface area contributed by atoms with Gasteiger partial charge in [-0.15, -0.1) is 24.2 Å². The fourth-order valence-electron chi connectivity index (χ4n) is 4.47. The molecule has 1 fully saturated rings. The Morgan fingerprint density at radius 1 is 1.23 bits per heavy atom. The number of halogens is 1. The van der Waals surface area contributed by atoms with Gasteiger partial charge < -0.3 is 25.4 Å². The molecule has 2 aliphatic heterocycles. The number of hydrogen-bond donors (Lipinski definition) is 3. The van der Waals surface area contributed by atoms with Crippen LogP contribution in [0.2, 0.25) is 0 Å². The smallest absolute Gasteiger partial charge is 0.235 e. The quantitative estimate of drug-likeness (QED) is 0.414. The van der Waals surface area contributed by atoms with E-state index in [1.54, 1.807) is 7.11 Å². The maximum atomic E-state index is 11.6. The van der Waals surface area contributed by atoms with Gasteiger partial charge in [0, 0.05) is 50.9 Å². The van der Waals surface area contributed by atoms with E-state index in [-0.39, 0.29) is 30.3 Å². The van der Waals surface area contributed by atoms with Gasteiger partial charge >= 0.3 is 0 Å². The Morgan fingerprint density at radius 3 is 2.97 bits per heavy atom. The Kier molecular flexibility index (Phi) is 8.40. The summed E-state index contributed by atoms with van der Waals surface area (Å²) in [5.41, 5.74) is 3.73. The van der Waals surface area contributed by atoms with Crippen LogP contribution in [0.5, 0.6) is 5.88 Å². The number of nitrogens with zero attached hydrogens (tertiary/aromatic N) is 4. The van der Waals surface area contributed by atoms with E-state index in [2.05, 4.69) is 30.5 Å². The highest BCUT2D eigenvalue weighted by atomic mass is 35.5. The summed E-state index contributed by atoms with van der Waals surface area (Å²) in [4.78, 5) is 28.4. The van der Waals surface area contributed by atoms with Gasteiger partial charge in [0.15, 0.2) is 0 Å². The maximum absolute atomic E-state index is 11.6. The van der Waals surface area contributed by atoms with Crippen LogP contribution in [0.15, 0.2) is 41.4 Å². The Labute approximate surface area is 214 Å². The summed E-state index contributed by atoms with van der Waals surface area (Å²) < 4.78 is 5.27. The third kappa shape index (κ3) is 6.02. The van der Waals surface area contributed by atoms with Crippen LogP contribution in [0, 0.1) is 5.92 Å². The minimum atomic E-state index is -0.368. The van der Waals surface area contributed by atoms with Crippen LogP contribution >= 0.6 is 24.2 Å². The first kappa shape index (κ1) is 25.6. The van der Waals surface area contributed by atoms with Gasteiger partial charge in [-0.25, -0.2) is 9.97 Å². The standard InChI is InChI=1S/C24H28N6O3S.ClH/c1-33-22-5-3-18-23(29-22)15(6-8-26-18)7-9-30-12-16(19(31)13-30)10-25-11-17-2-4-20-24(27-17)28-21(32)14-34-20;/h2-6,8,16,19,25,31H,7,9-14H2,1H3,(H,27,28,32);1H/t16-,19+;/m0./s1. The topological polar surface area (TPSA) is 112 Å². The third-order valence-electron chi connectivity index (χ3n) is 6.28. The van der Waals surface area contributed by atoms with Crippen molar-refractivity contribution in [1.82, 2.24) is 25.2 Å². The van der Waals surface area contributed by atoms with Crippen LogP contribution in [0.4, 0.5) is 5.82 Å². The molecule has 1 saturated heterocycles. The van der Waals surface area contributed by atoms with Crippen LogP contribution in [0.1, 0.15) is 11.3 Å². The van der Waals surface area contributed by atoms with Gasteiger partial charge in [0.05, 0.1) is 40.6 Å². The number of β-amino-alcohol motifs (C(OH)–C–C–N with tert-alkyl or cyclic N) is 1. The first-order valence-electron chi connectivity index (χ1n) is 11.4. The lowest BCUT2D eigenvalue weighted by Crippen LogP contribution is -2.30. The van der Waals surface area contributed by atoms with Gasteiger partial charge in [-0.05, 0) is 36.2 Å². The van der Waals surface area contributed by atoms with Crippen molar-refractivity contribution in [3.8, 4) is 5.88 Å². The molecule has 0 unspecified atom stereocenters. The average molecular weight is 517 g/mol. The number of aromatic nitrogens is 3. The van der Waals surface area contributed by atoms with Crippen LogP contribution < -0.4 is 15.4 Å². The lowest BCUT2D eigenvalue weighted by molar-refractivity contribution is -0.113. The highest BCUT2D eigenvalue weighted by Crippen LogP contribution is 2.29. The molecule has 5 heterocycles. The third-order valence-corrected chi connectivity index (χ3v) is 7.32. The Hall–Kier alpha value is -2.50. The monoisotopic (exact) mass is 516 g/mol. The van der Waals surface area contributed by atoms with Crippen molar-refractivity contribution in [2.75, 3.05) is 44.4 Å². The number of likely N-dealkylation sites (tertiary alicyclic amines) is 1. The number of amides is 1. The molecule has 35 heavy (non-hydrogen) atoms. The van der Waals surface area contributed by atoms with Crippen molar-refractivity contribution in [1.29, 1.82) is 0 Å². The summed E-state index contributed by atoms with van der Waals surface area (Å²) in [5, 5.41) is 16.8. The number of nitrogens with one attached hydrogen (secondary N) is 2. The van der Waals surface area contributed by atoms with Crippen molar-refractivity contribution < 1.29 is 14.6 Å². The minimum absolute atomic E-state index is 0. The zero-order valence-corrected chi connectivity index (χ0v) is 21.1. The van der Waals surface area contributed by atoms with Gasteiger partial charge in [-0.3, -0.25) is 9.78 Å². The second-order valence-electron chi connectivity index (χ2n) is 8.65. The number of pyridine rings is 3. The van der Waals surface area contributed by atoms with Crippen LogP contribution in [-0.4, -0.2) is 76.0 Å². The van der Waals surface area contributed by atoms with E-state index in [9.17, 15) is 9.90 Å². The first-order chi connectivity index (χ1) is 16.6. The summed E-state index contributed by atoms with van der Waals surface area (Å²) in [7, 11) is 1.61. The van der Waals surface area contributed by atoms with E-state index in [1.165, 1.54) is 11.8 Å². The zero-order chi connectivity index (χ0) is 23.5.